The van der Waals surface area contributed by atoms with Gasteiger partial charge in [0.2, 0.25) is 9.05 Å². The number of aliphatic hydroxyl groups excluding tert-OH is 2. The third-order valence-corrected chi connectivity index (χ3v) is 24.4. The molecule has 740 valence electrons. The summed E-state index contributed by atoms with van der Waals surface area (Å²) in [4.78, 5) is 86.8. The number of aldehydes is 4. The van der Waals surface area contributed by atoms with Gasteiger partial charge in [0.15, 0.2) is 19.9 Å². The maximum Gasteiger partial charge on any atom is 1.00 e. The number of aliphatic hydroxyl groups is 2. The van der Waals surface area contributed by atoms with Crippen LogP contribution in [-0.2, 0) is 37.8 Å². The zero-order chi connectivity index (χ0) is 102. The Hall–Kier alpha value is -5.51. The predicted octanol–water partition coefficient (Wildman–Crippen LogP) is 10.5. The Morgan fingerprint density at radius 3 is 1.43 bits per heavy atom. The number of H-pyrrole nitrogens is 3. The monoisotopic (exact) mass is 2420 g/mol. The van der Waals surface area contributed by atoms with Gasteiger partial charge in [-0.1, -0.05) is 106 Å². The fourth-order valence-electron chi connectivity index (χ4n) is 13.6. The number of alkyl halides is 2. The van der Waals surface area contributed by atoms with Crippen LogP contribution in [0.15, 0.2) is 207 Å². The number of anilines is 3. The van der Waals surface area contributed by atoms with Gasteiger partial charge in [-0.25, -0.2) is 28.4 Å². The summed E-state index contributed by atoms with van der Waals surface area (Å²) in [5, 5.41) is 63.3. The Morgan fingerprint density at radius 1 is 0.624 bits per heavy atom. The van der Waals surface area contributed by atoms with Crippen LogP contribution in [0.1, 0.15) is 151 Å². The third-order valence-electron chi connectivity index (χ3n) is 19.7. The number of piperidine rings is 4. The maximum absolute atomic E-state index is 11.4. The number of nitrogens with one attached hydrogen (secondary N) is 4. The predicted molar refractivity (Wildman–Crippen MR) is 562 cm³/mol. The van der Waals surface area contributed by atoms with Gasteiger partial charge in [-0.15, -0.1) is 45.3 Å². The summed E-state index contributed by atoms with van der Waals surface area (Å²) in [5.41, 5.74) is 12.1. The molecule has 5 aliphatic heterocycles. The molecule has 0 aliphatic carbocycles. The molecule has 6 N–H and O–H groups in total. The molecule has 14 aromatic rings. The zero-order valence-electron chi connectivity index (χ0n) is 83.1. The number of benzene rings is 6. The van der Waals surface area contributed by atoms with Crippen LogP contribution in [0.3, 0.4) is 0 Å². The van der Waals surface area contributed by atoms with Crippen molar-refractivity contribution in [2.45, 2.75) is 110 Å². The summed E-state index contributed by atoms with van der Waals surface area (Å²) < 4.78 is 94.5. The van der Waals surface area contributed by atoms with E-state index in [1.54, 1.807) is 71.5 Å². The largest absolute Gasteiger partial charge is 1.00 e. The minimum atomic E-state index is -3.33. The van der Waals surface area contributed by atoms with E-state index in [0.717, 1.165) is 240 Å². The average molecular weight is 2420 g/mol. The number of nitriles is 2. The molecule has 5 fully saturated rings. The number of ether oxygens (including phenoxy) is 1. The number of nitrogens with zero attached hydrogens (tertiary/aromatic N) is 11. The van der Waals surface area contributed by atoms with Crippen molar-refractivity contribution < 1.29 is 253 Å². The number of aromatic nitrogens is 8. The number of hydrogen-bond donors (Lipinski definition) is 7. The molecule has 0 spiro atoms. The molecule has 5 saturated heterocycles. The Morgan fingerprint density at radius 2 is 1.03 bits per heavy atom. The molecule has 0 bridgehead atoms. The summed E-state index contributed by atoms with van der Waals surface area (Å²) in [6.07, 6.45) is 29.8. The van der Waals surface area contributed by atoms with E-state index in [-0.39, 0.29) is 211 Å². The van der Waals surface area contributed by atoms with Gasteiger partial charge in [-0.2, -0.15) is 18.9 Å². The van der Waals surface area contributed by atoms with Crippen LogP contribution < -0.4 is 193 Å². The van der Waals surface area contributed by atoms with Crippen molar-refractivity contribution in [2.24, 2.45) is 4.30 Å². The summed E-state index contributed by atoms with van der Waals surface area (Å²) in [5.74, 6) is 0. The molecule has 13 heterocycles. The van der Waals surface area contributed by atoms with Gasteiger partial charge in [0.25, 0.3) is 16.6 Å². The minimum absolute atomic E-state index is 0. The van der Waals surface area contributed by atoms with Gasteiger partial charge in [-0.3, -0.25) is 36.9 Å². The van der Waals surface area contributed by atoms with Crippen LogP contribution in [0.2, 0.25) is 4.47 Å². The normalized spacial score (nSPS) is 13.6. The quantitative estimate of drug-likeness (QED) is 0.0107. The van der Waals surface area contributed by atoms with Crippen LogP contribution in [0, 0.1) is 22.7 Å². The van der Waals surface area contributed by atoms with Gasteiger partial charge in [0.1, 0.15) is 25.1 Å². The van der Waals surface area contributed by atoms with Gasteiger partial charge in [0.05, 0.1) is 71.1 Å². The number of thiazole rings is 4. The first-order valence-electron chi connectivity index (χ1n) is 43.8. The summed E-state index contributed by atoms with van der Waals surface area (Å²) >= 11 is 18.3. The van der Waals surface area contributed by atoms with Gasteiger partial charge >= 0.3 is 192 Å². The van der Waals surface area contributed by atoms with Gasteiger partial charge in [-0.05, 0) is 164 Å². The summed E-state index contributed by atoms with van der Waals surface area (Å²) in [7, 11) is 0.318. The number of thiol groups is 1. The molecule has 0 saturated carbocycles. The average Bonchev–Trinajstić information content (AvgIpc) is 1.61. The van der Waals surface area contributed by atoms with E-state index in [4.69, 9.17) is 45.1 Å². The van der Waals surface area contributed by atoms with Crippen molar-refractivity contribution in [1.29, 1.82) is 10.5 Å². The van der Waals surface area contributed by atoms with Crippen molar-refractivity contribution in [3.8, 4) is 34.4 Å². The van der Waals surface area contributed by atoms with E-state index in [1.165, 1.54) is 24.2 Å². The van der Waals surface area contributed by atoms with Gasteiger partial charge < -0.3 is 67.5 Å². The molecule has 0 atom stereocenters. The molecule has 141 heavy (non-hydrogen) atoms. The Kier molecular flexibility index (Phi) is 71.6. The third kappa shape index (κ3) is 50.8. The molecular weight excluding hydrogens is 2300 g/mol. The number of carbonyl (C=O) groups excluding carboxylic acids is 5. The van der Waals surface area contributed by atoms with E-state index in [0.29, 0.717) is 50.8 Å². The first-order valence-corrected chi connectivity index (χ1v) is 51.3. The second-order valence-electron chi connectivity index (χ2n) is 28.8. The van der Waals surface area contributed by atoms with Crippen LogP contribution in [0.25, 0.3) is 65.9 Å². The second kappa shape index (κ2) is 77.8. The Labute approximate surface area is 1010 Å². The first-order chi connectivity index (χ1) is 67.0. The van der Waals surface area contributed by atoms with E-state index in [1.807, 2.05) is 162 Å². The number of rotatable bonds is 13. The SMILES string of the molecule is C.C1CCOC1.CS(=O)(=O)Cl.CS(=O)(=O)OC1CCN(c2nccs2)CC1.Clc1nccs1.N#Cc1cccc(-c2c[nH]c3cc(C=O)ccc23)c1.N#Cc1cccc(-c2cn(C3CCN(c4nccs4)CC3)c3cc(C=O)ccc23)c1.O=CO[O-].O=Cc1ccc2c(Br)c[nH]c2c1.O=Cc1ccc2cc[nH]c2c1.OC1CCN(c2nccs2)CC1.OC1CCNCC1.[2H]CC.[2H]CF.[2H]CF.[B].[B]=NS.[Cs+].[Cs+].[H-].[H-].[Na+]. The van der Waals surface area contributed by atoms with Crippen molar-refractivity contribution >= 4 is 222 Å². The van der Waals surface area contributed by atoms with E-state index >= 15 is 0 Å². The van der Waals surface area contributed by atoms with Crippen molar-refractivity contribution in [1.82, 2.24) is 44.8 Å². The zero-order valence-corrected chi connectivity index (χ0v) is 102. The molecule has 0 unspecified atom stereocenters. The van der Waals surface area contributed by atoms with Gasteiger partial charge in [0, 0.05) is 226 Å². The Balaban J connectivity index is -0.00000158. The number of carbonyl (C=O) groups is 5. The number of hydrogen-bond acceptors (Lipinski definition) is 31. The van der Waals surface area contributed by atoms with E-state index < -0.39 is 33.5 Å². The summed E-state index contributed by atoms with van der Waals surface area (Å²) in [6.45, 7) is 11.5. The maximum atomic E-state index is 11.4. The molecule has 19 rings (SSSR count). The second-order valence-corrected chi connectivity index (χ2v) is 38.6. The van der Waals surface area contributed by atoms with Crippen LogP contribution in [0.4, 0.5) is 24.2 Å². The fourth-order valence-corrected chi connectivity index (χ4v) is 17.4. The fraction of sp³-hybridized carbons (Fsp3) is 0.330. The standard InChI is InChI=1S/C24H20N4OS.C16H10N2O.C9H6BrNO.C9H14N2O3S2.C9H7NO.C8H12N2OS.C5H11NO.C4H8O.C3H2ClNS.C2H6.CH3ClO2S.2CH3F.CH2O3.CH4.BHNS.B.2Cs.Na.2H/c25-14-17-2-1-3-19(12-17)22-15-28(23-13-18(16-29)4-5-21(22)23)20-6-9-27(10-7-20)24-26-8-11-30-24;17-8-11-2-1-3-13(6-11)15-9-18-16-7-12(10-19)4-5-14(15)16;10-8-4-11-9-3-6(5-12)1-2-7(8)9;1-16(12,13)14-8-2-5-11(6-3-8)9-10-4-7-15-9;11-6-7-1-2-8-3-4-10-9(8)5-7;11-7-1-4-10(5-2-7)8-9-3-6-12-8;7-5-1-3-6-4-2-5;1-2-4-5-3-1;4-3-5-1-2-6-3;1-2;1-5(2,3)4;2*1-2;2-1-4-3;;1-2-3;;;;;;/h1-5,8,11-13,15-16,20H,6-7,9-10H2;1-7,9-10,18H;1-5,11H;4,7-8H,2-3,5-6H2,1H3;1-6,10H;3,6-7,11H,1-2,4-5H2;5-7H,1-4H2;1-4H2;1-2H;1-2H3;1H3;2*1H3;1,3H;1H4;3H;;;;;;/q;;;;;;;;;;;;;;;;;3*+1;2*-1/p-1/i;;;;;;;;;1D;;2*1D;;;;;;;;;. The molecule has 47 heteroatoms. The molecule has 6 aromatic carbocycles. The van der Waals surface area contributed by atoms with Crippen molar-refractivity contribution in [2.75, 3.05) is 107 Å². The summed E-state index contributed by atoms with van der Waals surface area (Å²) in [6, 6.07) is 44.4. The van der Waals surface area contributed by atoms with E-state index in [9.17, 15) is 55.2 Å². The smallest absolute Gasteiger partial charge is 1.00 e. The minimum Gasteiger partial charge on any atom is -1.00 e. The molecule has 30 nitrogen and oxygen atoms in total. The topological polar surface area (TPSA) is 430 Å². The van der Waals surface area contributed by atoms with Crippen LogP contribution in [0.5, 0.6) is 0 Å². The van der Waals surface area contributed by atoms with E-state index in [2.05, 4.69) is 134 Å². The molecule has 0 amide bonds. The number of halogens is 5. The number of aromatic amines is 3. The first kappa shape index (κ1) is 130. The van der Waals surface area contributed by atoms with Crippen molar-refractivity contribution in [3.63, 3.8) is 0 Å². The number of fused-ring (bicyclic) bond motifs is 4. The molecule has 8 aromatic heterocycles. The molecule has 5 aliphatic rings. The molecular formula is C94H113B2BrCl2Cs2F2N15NaO15S7. The molecule has 4 radical (unpaired) electrons. The Bertz CT molecular complexity index is 6230. The van der Waals surface area contributed by atoms with Crippen LogP contribution >= 0.6 is 96.4 Å². The van der Waals surface area contributed by atoms with Crippen molar-refractivity contribution in [3.05, 3.63) is 241 Å². The van der Waals surface area contributed by atoms with Crippen LogP contribution in [-0.4, -0.2) is 225 Å².